The van der Waals surface area contributed by atoms with Gasteiger partial charge >= 0.3 is 0 Å². The van der Waals surface area contributed by atoms with Crippen molar-refractivity contribution in [2.75, 3.05) is 11.1 Å². The molecule has 0 aliphatic heterocycles. The lowest BCUT2D eigenvalue weighted by molar-refractivity contribution is -0.113. The van der Waals surface area contributed by atoms with Crippen LogP contribution in [0.3, 0.4) is 0 Å². The van der Waals surface area contributed by atoms with Crippen molar-refractivity contribution in [1.29, 1.82) is 0 Å². The summed E-state index contributed by atoms with van der Waals surface area (Å²) in [6, 6.07) is 0.371. The number of hydrogen-bond acceptors (Lipinski definition) is 8. The van der Waals surface area contributed by atoms with Crippen LogP contribution in [0.5, 0.6) is 0 Å². The van der Waals surface area contributed by atoms with E-state index in [-0.39, 0.29) is 11.7 Å². The van der Waals surface area contributed by atoms with Crippen molar-refractivity contribution >= 4 is 34.1 Å². The summed E-state index contributed by atoms with van der Waals surface area (Å²) in [6.07, 6.45) is 6.55. The minimum Gasteiger partial charge on any atom is -0.300 e. The number of nitrogens with zero attached hydrogens (tertiary/aromatic N) is 6. The van der Waals surface area contributed by atoms with Crippen molar-refractivity contribution in [2.24, 2.45) is 0 Å². The molecule has 1 amide bonds. The topological polar surface area (TPSA) is 98.5 Å². The van der Waals surface area contributed by atoms with Gasteiger partial charge in [0, 0.05) is 6.42 Å². The molecule has 3 rings (SSSR count). The molecular weight excluding hydrogens is 334 g/mol. The second-order valence-corrected chi connectivity index (χ2v) is 7.44. The number of aromatic nitrogens is 6. The highest BCUT2D eigenvalue weighted by atomic mass is 32.2. The minimum atomic E-state index is -0.116. The van der Waals surface area contributed by atoms with Crippen molar-refractivity contribution in [1.82, 2.24) is 30.4 Å². The molecule has 0 radical (unpaired) electrons. The quantitative estimate of drug-likeness (QED) is 0.763. The molecule has 0 unspecified atom stereocenters. The maximum atomic E-state index is 12.0. The highest BCUT2D eigenvalue weighted by Crippen LogP contribution is 2.31. The Morgan fingerprint density at radius 2 is 2.17 bits per heavy atom. The predicted molar refractivity (Wildman–Crippen MR) is 88.6 cm³/mol. The number of nitrogens with one attached hydrogen (secondary N) is 1. The van der Waals surface area contributed by atoms with Gasteiger partial charge in [0.25, 0.3) is 0 Å². The van der Waals surface area contributed by atoms with Gasteiger partial charge in [0.2, 0.25) is 16.2 Å². The lowest BCUT2D eigenvalue weighted by Gasteiger charge is -2.10. The fourth-order valence-electron chi connectivity index (χ4n) is 2.56. The number of carbonyl (C=O) groups excluding carboxylic acids is 1. The molecule has 10 heteroatoms. The molecule has 23 heavy (non-hydrogen) atoms. The van der Waals surface area contributed by atoms with Crippen LogP contribution in [0.25, 0.3) is 0 Å². The summed E-state index contributed by atoms with van der Waals surface area (Å²) in [4.78, 5) is 12.0. The van der Waals surface area contributed by atoms with Gasteiger partial charge in [0.1, 0.15) is 5.01 Å². The molecule has 2 aromatic heterocycles. The van der Waals surface area contributed by atoms with Crippen molar-refractivity contribution in [2.45, 2.75) is 56.6 Å². The van der Waals surface area contributed by atoms with E-state index in [0.29, 0.717) is 16.3 Å². The maximum absolute atomic E-state index is 12.0. The van der Waals surface area contributed by atoms with E-state index in [0.717, 1.165) is 30.7 Å². The van der Waals surface area contributed by atoms with Crippen LogP contribution in [0.4, 0.5) is 5.13 Å². The predicted octanol–water partition coefficient (Wildman–Crippen LogP) is 2.32. The Hall–Kier alpha value is -1.55. The van der Waals surface area contributed by atoms with Crippen LogP contribution in [-0.4, -0.2) is 42.1 Å². The van der Waals surface area contributed by atoms with Crippen LogP contribution in [0.1, 0.15) is 50.1 Å². The van der Waals surface area contributed by atoms with E-state index in [1.807, 2.05) is 4.68 Å². The molecule has 0 aromatic carbocycles. The zero-order valence-corrected chi connectivity index (χ0v) is 14.6. The second kappa shape index (κ2) is 7.82. The molecule has 0 spiro atoms. The third kappa shape index (κ3) is 4.25. The number of amides is 1. The van der Waals surface area contributed by atoms with Crippen molar-refractivity contribution in [3.8, 4) is 0 Å². The number of tetrazole rings is 1. The normalized spacial score (nSPS) is 15.2. The molecule has 1 aliphatic carbocycles. The molecular formula is C13H19N7OS2. The van der Waals surface area contributed by atoms with E-state index in [2.05, 4.69) is 38.0 Å². The molecule has 2 heterocycles. The first kappa shape index (κ1) is 16.3. The third-order valence-electron chi connectivity index (χ3n) is 3.64. The number of aryl methyl sites for hydroxylation is 1. The number of rotatable bonds is 7. The SMILES string of the molecule is CCCc1nnc(NC(=O)CSc2nnnn2C2CCCC2)s1. The van der Waals surface area contributed by atoms with Crippen LogP contribution in [0.2, 0.25) is 0 Å². The molecule has 1 fully saturated rings. The Labute approximate surface area is 142 Å². The second-order valence-electron chi connectivity index (χ2n) is 5.43. The molecule has 0 saturated heterocycles. The van der Waals surface area contributed by atoms with Crippen molar-refractivity contribution < 1.29 is 4.79 Å². The van der Waals surface area contributed by atoms with Crippen LogP contribution in [0.15, 0.2) is 5.16 Å². The van der Waals surface area contributed by atoms with Crippen LogP contribution in [0, 0.1) is 0 Å². The van der Waals surface area contributed by atoms with Gasteiger partial charge in [-0.15, -0.1) is 15.3 Å². The zero-order valence-electron chi connectivity index (χ0n) is 12.9. The highest BCUT2D eigenvalue weighted by Gasteiger charge is 2.22. The molecule has 1 N–H and O–H groups in total. The first-order valence-corrected chi connectivity index (χ1v) is 9.59. The molecule has 1 aliphatic rings. The maximum Gasteiger partial charge on any atom is 0.236 e. The first-order valence-electron chi connectivity index (χ1n) is 7.79. The average Bonchev–Trinajstić information content (AvgIpc) is 3.27. The molecule has 1 saturated carbocycles. The minimum absolute atomic E-state index is 0.116. The summed E-state index contributed by atoms with van der Waals surface area (Å²) in [5, 5.41) is 24.8. The van der Waals surface area contributed by atoms with E-state index in [1.54, 1.807) is 0 Å². The number of carbonyl (C=O) groups is 1. The summed E-state index contributed by atoms with van der Waals surface area (Å²) in [5.41, 5.74) is 0. The number of thioether (sulfide) groups is 1. The third-order valence-corrected chi connectivity index (χ3v) is 5.47. The fraction of sp³-hybridized carbons (Fsp3) is 0.692. The Morgan fingerprint density at radius 3 is 2.96 bits per heavy atom. The summed E-state index contributed by atoms with van der Waals surface area (Å²) in [7, 11) is 0. The largest absolute Gasteiger partial charge is 0.300 e. The number of anilines is 1. The van der Waals surface area contributed by atoms with Crippen LogP contribution in [-0.2, 0) is 11.2 Å². The molecule has 124 valence electrons. The molecule has 2 aromatic rings. The Kier molecular flexibility index (Phi) is 5.55. The molecule has 8 nitrogen and oxygen atoms in total. The number of hydrogen-bond donors (Lipinski definition) is 1. The van der Waals surface area contributed by atoms with Gasteiger partial charge in [0.05, 0.1) is 11.8 Å². The van der Waals surface area contributed by atoms with Crippen LogP contribution >= 0.6 is 23.1 Å². The zero-order chi connectivity index (χ0) is 16.1. The standard InChI is InChI=1S/C13H19N7OS2/c1-2-5-11-15-16-12(23-11)14-10(21)8-22-13-17-18-19-20(13)9-6-3-4-7-9/h9H,2-8H2,1H3,(H,14,16,21). The van der Waals surface area contributed by atoms with Crippen LogP contribution < -0.4 is 5.32 Å². The van der Waals surface area contributed by atoms with Gasteiger partial charge in [-0.05, 0) is 29.7 Å². The smallest absolute Gasteiger partial charge is 0.236 e. The van der Waals surface area contributed by atoms with Gasteiger partial charge in [-0.25, -0.2) is 4.68 Å². The fourth-order valence-corrected chi connectivity index (χ4v) is 4.16. The van der Waals surface area contributed by atoms with E-state index < -0.39 is 0 Å². The summed E-state index contributed by atoms with van der Waals surface area (Å²) < 4.78 is 1.86. The van der Waals surface area contributed by atoms with Gasteiger partial charge in [0.15, 0.2) is 0 Å². The Balaban J connectivity index is 1.51. The summed E-state index contributed by atoms with van der Waals surface area (Å²) in [6.45, 7) is 2.09. The van der Waals surface area contributed by atoms with Gasteiger partial charge in [-0.3, -0.25) is 10.1 Å². The summed E-state index contributed by atoms with van der Waals surface area (Å²) in [5.74, 6) is 0.144. The van der Waals surface area contributed by atoms with Crippen molar-refractivity contribution in [3.05, 3.63) is 5.01 Å². The average molecular weight is 353 g/mol. The monoisotopic (exact) mass is 353 g/mol. The highest BCUT2D eigenvalue weighted by molar-refractivity contribution is 7.99. The molecule has 0 atom stereocenters. The van der Waals surface area contributed by atoms with Gasteiger partial charge in [-0.2, -0.15) is 0 Å². The molecule has 0 bridgehead atoms. The Bertz CT molecular complexity index is 650. The van der Waals surface area contributed by atoms with E-state index in [4.69, 9.17) is 0 Å². The summed E-state index contributed by atoms with van der Waals surface area (Å²) >= 11 is 2.78. The Morgan fingerprint density at radius 1 is 1.35 bits per heavy atom. The van der Waals surface area contributed by atoms with E-state index in [1.165, 1.54) is 35.9 Å². The van der Waals surface area contributed by atoms with E-state index >= 15 is 0 Å². The van der Waals surface area contributed by atoms with Gasteiger partial charge < -0.3 is 0 Å². The lowest BCUT2D eigenvalue weighted by Crippen LogP contribution is -2.15. The lowest BCUT2D eigenvalue weighted by atomic mass is 10.3. The van der Waals surface area contributed by atoms with E-state index in [9.17, 15) is 4.79 Å². The van der Waals surface area contributed by atoms with Gasteiger partial charge in [-0.1, -0.05) is 42.9 Å². The first-order chi connectivity index (χ1) is 11.3. The van der Waals surface area contributed by atoms with Crippen molar-refractivity contribution in [3.63, 3.8) is 0 Å².